The van der Waals surface area contributed by atoms with E-state index in [2.05, 4.69) is 31.2 Å². The molecule has 2 fully saturated rings. The molecule has 0 unspecified atom stereocenters. The summed E-state index contributed by atoms with van der Waals surface area (Å²) in [5, 5.41) is 7.86. The highest BCUT2D eigenvalue weighted by atomic mass is 19.1. The summed E-state index contributed by atoms with van der Waals surface area (Å²) in [6.07, 6.45) is 1.20. The second-order valence-corrected chi connectivity index (χ2v) is 9.54. The minimum atomic E-state index is -0.542. The van der Waals surface area contributed by atoms with Crippen LogP contribution in [0.2, 0.25) is 0 Å². The number of piperidine rings is 1. The van der Waals surface area contributed by atoms with E-state index in [1.54, 1.807) is 34.8 Å². The average Bonchev–Trinajstić information content (AvgIpc) is 3.25. The molecule has 2 aliphatic rings. The van der Waals surface area contributed by atoms with E-state index in [4.69, 9.17) is 0 Å². The summed E-state index contributed by atoms with van der Waals surface area (Å²) in [7, 11) is 1.79. The normalized spacial score (nSPS) is 18.8. The molecule has 0 aliphatic carbocycles. The van der Waals surface area contributed by atoms with Gasteiger partial charge in [0.25, 0.3) is 5.91 Å². The molecule has 0 saturated carbocycles. The highest BCUT2D eigenvalue weighted by Gasteiger charge is 2.47. The van der Waals surface area contributed by atoms with Gasteiger partial charge in [0, 0.05) is 44.0 Å². The molecule has 3 heterocycles. The molecular formula is C23H30FN5O2. The Morgan fingerprint density at radius 2 is 1.90 bits per heavy atom. The number of benzene rings is 1. The molecule has 0 atom stereocenters. The Morgan fingerprint density at radius 3 is 2.52 bits per heavy atom. The quantitative estimate of drug-likeness (QED) is 0.817. The topological polar surface area (TPSA) is 70.5 Å². The lowest BCUT2D eigenvalue weighted by molar-refractivity contribution is -0.132. The summed E-state index contributed by atoms with van der Waals surface area (Å²) in [6, 6.07) is 8.42. The number of likely N-dealkylation sites (tertiary alicyclic amines) is 1. The number of hydrogen-bond donors (Lipinski definition) is 1. The number of carbonyl (C=O) groups excluding carboxylic acids is 2. The number of aryl methyl sites for hydroxylation is 1. The maximum atomic E-state index is 14.2. The van der Waals surface area contributed by atoms with E-state index in [0.29, 0.717) is 37.2 Å². The molecule has 31 heavy (non-hydrogen) atoms. The van der Waals surface area contributed by atoms with E-state index < -0.39 is 5.66 Å². The molecule has 7 nitrogen and oxygen atoms in total. The van der Waals surface area contributed by atoms with E-state index >= 15 is 0 Å². The summed E-state index contributed by atoms with van der Waals surface area (Å²) in [5.74, 6) is -0.398. The van der Waals surface area contributed by atoms with Crippen molar-refractivity contribution < 1.29 is 14.0 Å². The molecule has 2 aromatic rings. The van der Waals surface area contributed by atoms with Gasteiger partial charge in [-0.3, -0.25) is 19.6 Å². The van der Waals surface area contributed by atoms with Gasteiger partial charge < -0.3 is 9.80 Å². The fourth-order valence-electron chi connectivity index (χ4n) is 4.43. The zero-order valence-corrected chi connectivity index (χ0v) is 18.6. The van der Waals surface area contributed by atoms with Gasteiger partial charge in [0.05, 0.1) is 24.4 Å². The number of nitrogens with zero attached hydrogens (tertiary/aromatic N) is 4. The van der Waals surface area contributed by atoms with Crippen molar-refractivity contribution in [2.75, 3.05) is 19.6 Å². The average molecular weight is 428 g/mol. The lowest BCUT2D eigenvalue weighted by atomic mass is 9.92. The zero-order valence-electron chi connectivity index (χ0n) is 18.6. The summed E-state index contributed by atoms with van der Waals surface area (Å²) >= 11 is 0. The Balaban J connectivity index is 1.48. The van der Waals surface area contributed by atoms with Crippen molar-refractivity contribution in [1.29, 1.82) is 0 Å². The van der Waals surface area contributed by atoms with Crippen molar-refractivity contribution in [3.63, 3.8) is 0 Å². The van der Waals surface area contributed by atoms with Crippen LogP contribution in [0.3, 0.4) is 0 Å². The van der Waals surface area contributed by atoms with Crippen LogP contribution in [0, 0.1) is 5.82 Å². The molecule has 1 aromatic heterocycles. The third-order valence-corrected chi connectivity index (χ3v) is 6.42. The number of hydrogen-bond acceptors (Lipinski definition) is 4. The van der Waals surface area contributed by atoms with Gasteiger partial charge in [-0.05, 0) is 12.1 Å². The predicted molar refractivity (Wildman–Crippen MR) is 115 cm³/mol. The third-order valence-electron chi connectivity index (χ3n) is 6.42. The number of aromatic nitrogens is 2. The maximum Gasteiger partial charge on any atom is 0.272 e. The van der Waals surface area contributed by atoms with Crippen LogP contribution < -0.4 is 5.32 Å². The van der Waals surface area contributed by atoms with Crippen LogP contribution in [0.5, 0.6) is 0 Å². The van der Waals surface area contributed by atoms with Crippen LogP contribution >= 0.6 is 0 Å². The Labute approximate surface area is 182 Å². The highest BCUT2D eigenvalue weighted by molar-refractivity contribution is 5.93. The van der Waals surface area contributed by atoms with Crippen molar-refractivity contribution in [2.24, 2.45) is 7.05 Å². The first-order chi connectivity index (χ1) is 14.6. The fourth-order valence-corrected chi connectivity index (χ4v) is 4.43. The van der Waals surface area contributed by atoms with Crippen molar-refractivity contribution in [3.05, 3.63) is 53.1 Å². The Kier molecular flexibility index (Phi) is 5.37. The van der Waals surface area contributed by atoms with Crippen molar-refractivity contribution in [2.45, 2.75) is 51.2 Å². The van der Waals surface area contributed by atoms with Crippen LogP contribution in [0.25, 0.3) is 0 Å². The van der Waals surface area contributed by atoms with Crippen LogP contribution in [-0.4, -0.2) is 56.7 Å². The van der Waals surface area contributed by atoms with Gasteiger partial charge in [0.1, 0.15) is 11.5 Å². The minimum absolute atomic E-state index is 0.0375. The molecule has 0 bridgehead atoms. The van der Waals surface area contributed by atoms with Crippen molar-refractivity contribution in [3.8, 4) is 0 Å². The molecule has 2 amide bonds. The van der Waals surface area contributed by atoms with E-state index in [1.807, 2.05) is 11.0 Å². The first-order valence-electron chi connectivity index (χ1n) is 10.7. The molecule has 166 valence electrons. The Bertz CT molecular complexity index is 1000. The van der Waals surface area contributed by atoms with E-state index in [1.165, 1.54) is 6.07 Å². The number of rotatable bonds is 3. The molecular weight excluding hydrogens is 397 g/mol. The number of carbonyl (C=O) groups is 2. The Morgan fingerprint density at radius 1 is 1.23 bits per heavy atom. The van der Waals surface area contributed by atoms with Gasteiger partial charge in [0.15, 0.2) is 0 Å². The summed E-state index contributed by atoms with van der Waals surface area (Å²) in [5.41, 5.74) is 1.27. The van der Waals surface area contributed by atoms with Gasteiger partial charge in [-0.1, -0.05) is 39.0 Å². The molecule has 1 N–H and O–H groups in total. The summed E-state index contributed by atoms with van der Waals surface area (Å²) in [4.78, 5) is 29.3. The molecule has 2 aliphatic heterocycles. The van der Waals surface area contributed by atoms with Crippen LogP contribution in [0.15, 0.2) is 30.3 Å². The van der Waals surface area contributed by atoms with Crippen LogP contribution in [-0.2, 0) is 23.8 Å². The van der Waals surface area contributed by atoms with Crippen molar-refractivity contribution in [1.82, 2.24) is 24.9 Å². The second-order valence-electron chi connectivity index (χ2n) is 9.54. The summed E-state index contributed by atoms with van der Waals surface area (Å²) in [6.45, 7) is 7.71. The monoisotopic (exact) mass is 427 g/mol. The zero-order chi connectivity index (χ0) is 22.4. The van der Waals surface area contributed by atoms with Crippen LogP contribution in [0.4, 0.5) is 4.39 Å². The van der Waals surface area contributed by atoms with Gasteiger partial charge in [-0.15, -0.1) is 0 Å². The van der Waals surface area contributed by atoms with E-state index in [-0.39, 0.29) is 36.1 Å². The van der Waals surface area contributed by atoms with Gasteiger partial charge >= 0.3 is 0 Å². The van der Waals surface area contributed by atoms with Gasteiger partial charge in [0.2, 0.25) is 5.91 Å². The van der Waals surface area contributed by atoms with E-state index in [9.17, 15) is 14.0 Å². The molecule has 4 rings (SSSR count). The standard InChI is InChI=1S/C23H30FN5O2/c1-22(2,3)19-13-18(27(4)26-19)21(31)28-11-9-23(10-12-28)25-14-20(30)29(23)15-16-7-5-6-8-17(16)24/h5-8,13,25H,9-12,14-15H2,1-4H3. The minimum Gasteiger partial charge on any atom is -0.337 e. The lowest BCUT2D eigenvalue weighted by Crippen LogP contribution is -2.59. The molecule has 1 aromatic carbocycles. The summed E-state index contributed by atoms with van der Waals surface area (Å²) < 4.78 is 15.8. The second kappa shape index (κ2) is 7.75. The molecule has 8 heteroatoms. The lowest BCUT2D eigenvalue weighted by Gasteiger charge is -2.44. The van der Waals surface area contributed by atoms with Crippen LogP contribution in [0.1, 0.15) is 55.4 Å². The van der Waals surface area contributed by atoms with Gasteiger partial charge in [-0.2, -0.15) is 5.10 Å². The third kappa shape index (κ3) is 3.96. The van der Waals surface area contributed by atoms with Gasteiger partial charge in [-0.25, -0.2) is 4.39 Å². The first-order valence-corrected chi connectivity index (χ1v) is 10.7. The molecule has 2 saturated heterocycles. The largest absolute Gasteiger partial charge is 0.337 e. The number of halogens is 1. The van der Waals surface area contributed by atoms with E-state index in [0.717, 1.165) is 5.69 Å². The Hall–Kier alpha value is -2.74. The number of nitrogens with one attached hydrogen (secondary N) is 1. The highest BCUT2D eigenvalue weighted by Crippen LogP contribution is 2.33. The predicted octanol–water partition coefficient (Wildman–Crippen LogP) is 2.42. The molecule has 1 spiro atoms. The maximum absolute atomic E-state index is 14.2. The fraction of sp³-hybridized carbons (Fsp3) is 0.522. The number of amides is 2. The first kappa shape index (κ1) is 21.5. The smallest absolute Gasteiger partial charge is 0.272 e. The van der Waals surface area contributed by atoms with Crippen molar-refractivity contribution >= 4 is 11.8 Å². The SMILES string of the molecule is Cn1nc(C(C)(C)C)cc1C(=O)N1CCC2(CC1)NCC(=O)N2Cc1ccccc1F. The molecule has 0 radical (unpaired) electrons.